The van der Waals surface area contributed by atoms with Crippen LogP contribution in [0.1, 0.15) is 20.3 Å². The molecule has 0 aromatic heterocycles. The molecular weight excluding hydrogens is 338 g/mol. The Morgan fingerprint density at radius 1 is 0.739 bits per heavy atom. The molecule has 0 saturated carbocycles. The first-order chi connectivity index (χ1) is 10.5. The van der Waals surface area contributed by atoms with Gasteiger partial charge in [-0.2, -0.15) is 0 Å². The van der Waals surface area contributed by atoms with Crippen LogP contribution in [0.25, 0.3) is 0 Å². The normalized spacial score (nSPS) is 13.8. The highest BCUT2D eigenvalue weighted by atomic mass is 28.4. The molecule has 0 bridgehead atoms. The summed E-state index contributed by atoms with van der Waals surface area (Å²) in [7, 11) is -4.48. The molecule has 0 fully saturated rings. The zero-order valence-electron chi connectivity index (χ0n) is 17.1. The molecule has 0 atom stereocenters. The molecule has 0 heterocycles. The van der Waals surface area contributed by atoms with Crippen molar-refractivity contribution in [2.75, 3.05) is 33.0 Å². The van der Waals surface area contributed by atoms with E-state index in [9.17, 15) is 0 Å². The van der Waals surface area contributed by atoms with Crippen molar-refractivity contribution >= 4 is 25.0 Å². The van der Waals surface area contributed by atoms with Crippen LogP contribution in [0.5, 0.6) is 0 Å². The summed E-state index contributed by atoms with van der Waals surface area (Å²) in [5, 5.41) is 0. The Morgan fingerprint density at radius 3 is 1.61 bits per heavy atom. The lowest BCUT2D eigenvalue weighted by molar-refractivity contribution is 0.125. The largest absolute Gasteiger partial charge is 0.395 e. The zero-order chi connectivity index (χ0) is 18.1. The Kier molecular flexibility index (Phi) is 10.7. The van der Waals surface area contributed by atoms with E-state index in [0.717, 1.165) is 38.9 Å². The summed E-state index contributed by atoms with van der Waals surface area (Å²) in [6.45, 7) is 25.1. The standard InChI is InChI=1S/C16H41NO3Si3/c1-10-19-23(9,20-11-2)16-15-18-14-12-13-17(21(3,4)5)22(6,7)8/h10-16H2,1-9H3. The van der Waals surface area contributed by atoms with Crippen molar-refractivity contribution in [1.82, 2.24) is 4.23 Å². The maximum atomic E-state index is 5.88. The first kappa shape index (κ1) is 23.5. The second kappa shape index (κ2) is 10.5. The molecule has 0 rings (SSSR count). The molecular formula is C16H41NO3Si3. The van der Waals surface area contributed by atoms with Crippen LogP contribution < -0.4 is 0 Å². The van der Waals surface area contributed by atoms with Crippen molar-refractivity contribution < 1.29 is 13.6 Å². The molecule has 0 N–H and O–H groups in total. The average Bonchev–Trinajstić information content (AvgIpc) is 2.35. The van der Waals surface area contributed by atoms with Crippen molar-refractivity contribution in [3.05, 3.63) is 0 Å². The Labute approximate surface area is 148 Å². The second-order valence-electron chi connectivity index (χ2n) is 8.21. The maximum absolute atomic E-state index is 5.88. The smallest absolute Gasteiger partial charge is 0.337 e. The summed E-state index contributed by atoms with van der Waals surface area (Å²) in [5.41, 5.74) is 0. The molecule has 23 heavy (non-hydrogen) atoms. The molecule has 0 radical (unpaired) electrons. The summed E-state index contributed by atoms with van der Waals surface area (Å²) < 4.78 is 20.4. The van der Waals surface area contributed by atoms with E-state index in [0.29, 0.717) is 0 Å². The van der Waals surface area contributed by atoms with Gasteiger partial charge in [-0.25, -0.2) is 0 Å². The molecule has 0 aliphatic carbocycles. The average molecular weight is 380 g/mol. The van der Waals surface area contributed by atoms with Gasteiger partial charge in [-0.3, -0.25) is 0 Å². The Hall–Kier alpha value is 0.491. The van der Waals surface area contributed by atoms with Crippen LogP contribution in [0.3, 0.4) is 0 Å². The van der Waals surface area contributed by atoms with Gasteiger partial charge in [-0.1, -0.05) is 39.3 Å². The van der Waals surface area contributed by atoms with Crippen molar-refractivity contribution in [2.45, 2.75) is 72.1 Å². The fourth-order valence-corrected chi connectivity index (χ4v) is 15.0. The third kappa shape index (κ3) is 10.2. The number of ether oxygens (including phenoxy) is 1. The predicted molar refractivity (Wildman–Crippen MR) is 109 cm³/mol. The molecule has 0 unspecified atom stereocenters. The van der Waals surface area contributed by atoms with Crippen molar-refractivity contribution in [2.24, 2.45) is 0 Å². The van der Waals surface area contributed by atoms with Gasteiger partial charge in [0.15, 0.2) is 0 Å². The number of hydrogen-bond acceptors (Lipinski definition) is 4. The van der Waals surface area contributed by atoms with E-state index < -0.39 is 25.0 Å². The highest BCUT2D eigenvalue weighted by molar-refractivity contribution is 6.89. The Balaban J connectivity index is 4.12. The Bertz CT molecular complexity index is 297. The maximum Gasteiger partial charge on any atom is 0.337 e. The summed E-state index contributed by atoms with van der Waals surface area (Å²) in [6.07, 6.45) is 1.12. The monoisotopic (exact) mass is 379 g/mol. The van der Waals surface area contributed by atoms with E-state index in [4.69, 9.17) is 13.6 Å². The summed E-state index contributed by atoms with van der Waals surface area (Å²) in [4.78, 5) is 0. The fourth-order valence-electron chi connectivity index (χ4n) is 3.16. The van der Waals surface area contributed by atoms with E-state index in [1.54, 1.807) is 0 Å². The van der Waals surface area contributed by atoms with Gasteiger partial charge in [-0.05, 0) is 33.4 Å². The van der Waals surface area contributed by atoms with Gasteiger partial charge in [0, 0.05) is 32.5 Å². The highest BCUT2D eigenvalue weighted by Crippen LogP contribution is 2.20. The molecule has 7 heteroatoms. The van der Waals surface area contributed by atoms with Crippen LogP contribution >= 0.6 is 0 Å². The van der Waals surface area contributed by atoms with E-state index in [-0.39, 0.29) is 0 Å². The molecule has 0 aliphatic heterocycles. The van der Waals surface area contributed by atoms with Crippen LogP contribution in [0.2, 0.25) is 51.9 Å². The van der Waals surface area contributed by atoms with Gasteiger partial charge in [0.25, 0.3) is 0 Å². The molecule has 0 aromatic carbocycles. The van der Waals surface area contributed by atoms with E-state index >= 15 is 0 Å². The van der Waals surface area contributed by atoms with Crippen LogP contribution in [0.15, 0.2) is 0 Å². The third-order valence-corrected chi connectivity index (χ3v) is 14.5. The van der Waals surface area contributed by atoms with Crippen molar-refractivity contribution in [1.29, 1.82) is 0 Å². The molecule has 0 amide bonds. The summed E-state index contributed by atoms with van der Waals surface area (Å²) in [5.74, 6) is 0. The van der Waals surface area contributed by atoms with Crippen LogP contribution in [0, 0.1) is 0 Å². The zero-order valence-corrected chi connectivity index (χ0v) is 20.1. The summed E-state index contributed by atoms with van der Waals surface area (Å²) in [6, 6.07) is 0.917. The van der Waals surface area contributed by atoms with Crippen LogP contribution in [-0.2, 0) is 13.6 Å². The van der Waals surface area contributed by atoms with E-state index in [1.165, 1.54) is 6.54 Å². The van der Waals surface area contributed by atoms with Crippen molar-refractivity contribution in [3.8, 4) is 0 Å². The lowest BCUT2D eigenvalue weighted by Gasteiger charge is -2.43. The summed E-state index contributed by atoms with van der Waals surface area (Å²) >= 11 is 0. The highest BCUT2D eigenvalue weighted by Gasteiger charge is 2.33. The molecule has 0 spiro atoms. The topological polar surface area (TPSA) is 30.9 Å². The van der Waals surface area contributed by atoms with Gasteiger partial charge in [0.05, 0.1) is 0 Å². The van der Waals surface area contributed by atoms with Crippen LogP contribution in [0.4, 0.5) is 0 Å². The van der Waals surface area contributed by atoms with E-state index in [2.05, 4.69) is 50.1 Å². The SMILES string of the molecule is CCO[Si](C)(CCOCCCN([Si](C)(C)C)[Si](C)(C)C)OCC. The lowest BCUT2D eigenvalue weighted by atomic mass is 10.5. The van der Waals surface area contributed by atoms with Gasteiger partial charge < -0.3 is 17.8 Å². The second-order valence-corrected chi connectivity index (χ2v) is 21.8. The van der Waals surface area contributed by atoms with Crippen LogP contribution in [-0.4, -0.2) is 62.2 Å². The van der Waals surface area contributed by atoms with Crippen molar-refractivity contribution in [3.63, 3.8) is 0 Å². The predicted octanol–water partition coefficient (Wildman–Crippen LogP) is 4.51. The fraction of sp³-hybridized carbons (Fsp3) is 1.00. The quantitative estimate of drug-likeness (QED) is 0.348. The lowest BCUT2D eigenvalue weighted by Crippen LogP contribution is -2.59. The van der Waals surface area contributed by atoms with Gasteiger partial charge in [-0.15, -0.1) is 0 Å². The first-order valence-corrected chi connectivity index (χ1v) is 18.5. The molecule has 4 nitrogen and oxygen atoms in total. The molecule has 140 valence electrons. The molecule has 0 aromatic rings. The number of hydrogen-bond donors (Lipinski definition) is 0. The third-order valence-electron chi connectivity index (χ3n) is 3.89. The number of rotatable bonds is 13. The minimum absolute atomic E-state index is 0.726. The Morgan fingerprint density at radius 2 is 1.22 bits per heavy atom. The molecule has 0 saturated heterocycles. The van der Waals surface area contributed by atoms with Gasteiger partial charge in [0.2, 0.25) is 0 Å². The first-order valence-electron chi connectivity index (χ1n) is 9.09. The van der Waals surface area contributed by atoms with Gasteiger partial charge in [0.1, 0.15) is 16.5 Å². The molecule has 0 aliphatic rings. The van der Waals surface area contributed by atoms with E-state index in [1.807, 2.05) is 13.8 Å². The minimum atomic E-state index is -2.01. The number of nitrogens with zero attached hydrogens (tertiary/aromatic N) is 1. The van der Waals surface area contributed by atoms with Gasteiger partial charge >= 0.3 is 8.56 Å². The minimum Gasteiger partial charge on any atom is -0.395 e.